The van der Waals surface area contributed by atoms with Crippen LogP contribution in [0.3, 0.4) is 0 Å². The fourth-order valence-corrected chi connectivity index (χ4v) is 2.82. The van der Waals surface area contributed by atoms with Crippen LogP contribution >= 0.6 is 0 Å². The van der Waals surface area contributed by atoms with Crippen LogP contribution in [0.15, 0.2) is 36.5 Å². The molecular weight excluding hydrogens is 321 g/mol. The van der Waals surface area contributed by atoms with Crippen LogP contribution in [0.25, 0.3) is 0 Å². The van der Waals surface area contributed by atoms with E-state index in [0.717, 1.165) is 22.8 Å². The van der Waals surface area contributed by atoms with Gasteiger partial charge in [-0.1, -0.05) is 24.3 Å². The number of carboxylic acid groups (broad SMARTS) is 1. The molecule has 1 aromatic carbocycles. The third-order valence-electron chi connectivity index (χ3n) is 4.08. The fraction of sp³-hybridized carbons (Fsp3) is 0.294. The van der Waals surface area contributed by atoms with E-state index in [1.807, 2.05) is 18.2 Å². The SMILES string of the molecule is O=C(O)N1CCc2ccc(Cc3ccc(C(F)(F)F)nc3)cc2C1. The monoisotopic (exact) mass is 336 g/mol. The molecule has 0 aliphatic carbocycles. The molecule has 2 heterocycles. The lowest BCUT2D eigenvalue weighted by Gasteiger charge is -2.26. The molecular formula is C17H15F3N2O2. The van der Waals surface area contributed by atoms with Crippen molar-refractivity contribution in [2.24, 2.45) is 0 Å². The van der Waals surface area contributed by atoms with E-state index in [1.54, 1.807) is 0 Å². The number of amides is 1. The molecule has 1 aliphatic heterocycles. The summed E-state index contributed by atoms with van der Waals surface area (Å²) in [4.78, 5) is 15.9. The van der Waals surface area contributed by atoms with Crippen molar-refractivity contribution in [3.63, 3.8) is 0 Å². The minimum absolute atomic E-state index is 0.337. The van der Waals surface area contributed by atoms with Gasteiger partial charge in [-0.05, 0) is 41.2 Å². The van der Waals surface area contributed by atoms with Crippen LogP contribution in [0.1, 0.15) is 27.9 Å². The predicted octanol–water partition coefficient (Wildman–Crippen LogP) is 3.73. The van der Waals surface area contributed by atoms with Gasteiger partial charge in [-0.25, -0.2) is 4.79 Å². The number of aromatic nitrogens is 1. The normalized spacial score (nSPS) is 14.4. The van der Waals surface area contributed by atoms with Crippen molar-refractivity contribution >= 4 is 6.09 Å². The number of rotatable bonds is 2. The van der Waals surface area contributed by atoms with Crippen molar-refractivity contribution in [1.29, 1.82) is 0 Å². The summed E-state index contributed by atoms with van der Waals surface area (Å²) >= 11 is 0. The van der Waals surface area contributed by atoms with Crippen LogP contribution in [-0.2, 0) is 25.6 Å². The van der Waals surface area contributed by atoms with E-state index in [0.29, 0.717) is 31.5 Å². The Labute approximate surface area is 136 Å². The van der Waals surface area contributed by atoms with Gasteiger partial charge in [0.25, 0.3) is 0 Å². The molecule has 0 saturated carbocycles. The summed E-state index contributed by atoms with van der Waals surface area (Å²) < 4.78 is 37.6. The third-order valence-corrected chi connectivity index (χ3v) is 4.08. The van der Waals surface area contributed by atoms with Gasteiger partial charge in [0.1, 0.15) is 5.69 Å². The summed E-state index contributed by atoms with van der Waals surface area (Å²) in [7, 11) is 0. The second kappa shape index (κ2) is 6.14. The number of pyridine rings is 1. The van der Waals surface area contributed by atoms with Gasteiger partial charge in [-0.2, -0.15) is 13.2 Å². The van der Waals surface area contributed by atoms with E-state index in [-0.39, 0.29) is 0 Å². The number of benzene rings is 1. The quantitative estimate of drug-likeness (QED) is 0.909. The van der Waals surface area contributed by atoms with Crippen LogP contribution in [0, 0.1) is 0 Å². The minimum atomic E-state index is -4.44. The van der Waals surface area contributed by atoms with Crippen LogP contribution < -0.4 is 0 Å². The second-order valence-corrected chi connectivity index (χ2v) is 5.78. The Morgan fingerprint density at radius 1 is 1.17 bits per heavy atom. The molecule has 24 heavy (non-hydrogen) atoms. The zero-order valence-corrected chi connectivity index (χ0v) is 12.7. The highest BCUT2D eigenvalue weighted by molar-refractivity contribution is 5.65. The minimum Gasteiger partial charge on any atom is -0.465 e. The molecule has 1 N–H and O–H groups in total. The summed E-state index contributed by atoms with van der Waals surface area (Å²) in [5.41, 5.74) is 2.74. The molecule has 0 spiro atoms. The molecule has 7 heteroatoms. The molecule has 0 atom stereocenters. The van der Waals surface area contributed by atoms with Crippen LogP contribution in [0.2, 0.25) is 0 Å². The molecule has 0 radical (unpaired) electrons. The Kier molecular flexibility index (Phi) is 4.17. The average Bonchev–Trinajstić information content (AvgIpc) is 2.54. The highest BCUT2D eigenvalue weighted by Gasteiger charge is 2.32. The summed E-state index contributed by atoms with van der Waals surface area (Å²) in [6, 6.07) is 8.19. The first kappa shape index (κ1) is 16.3. The Balaban J connectivity index is 1.77. The lowest BCUT2D eigenvalue weighted by molar-refractivity contribution is -0.141. The summed E-state index contributed by atoms with van der Waals surface area (Å²) in [6.45, 7) is 0.814. The van der Waals surface area contributed by atoms with Gasteiger partial charge in [0.2, 0.25) is 0 Å². The number of alkyl halides is 3. The first-order valence-corrected chi connectivity index (χ1v) is 7.43. The number of halogens is 3. The highest BCUT2D eigenvalue weighted by atomic mass is 19.4. The standard InChI is InChI=1S/C17H15F3N2O2/c18-17(19,20)15-4-2-12(9-21-15)7-11-1-3-13-5-6-22(16(23)24)10-14(13)8-11/h1-4,8-9H,5-7,10H2,(H,23,24). The smallest absolute Gasteiger partial charge is 0.433 e. The number of hydrogen-bond acceptors (Lipinski definition) is 2. The largest absolute Gasteiger partial charge is 0.465 e. The first-order chi connectivity index (χ1) is 11.3. The number of fused-ring (bicyclic) bond motifs is 1. The van der Waals surface area contributed by atoms with E-state index in [2.05, 4.69) is 4.98 Å². The van der Waals surface area contributed by atoms with Crippen molar-refractivity contribution < 1.29 is 23.1 Å². The molecule has 2 aromatic rings. The molecule has 1 aromatic heterocycles. The van der Waals surface area contributed by atoms with Crippen molar-refractivity contribution in [2.75, 3.05) is 6.54 Å². The summed E-state index contributed by atoms with van der Waals surface area (Å²) in [5.74, 6) is 0. The van der Waals surface area contributed by atoms with Gasteiger partial charge >= 0.3 is 12.3 Å². The number of hydrogen-bond donors (Lipinski definition) is 1. The number of carbonyl (C=O) groups is 1. The maximum atomic E-state index is 12.5. The first-order valence-electron chi connectivity index (χ1n) is 7.43. The zero-order chi connectivity index (χ0) is 17.3. The maximum absolute atomic E-state index is 12.5. The van der Waals surface area contributed by atoms with Crippen molar-refractivity contribution in [3.05, 3.63) is 64.5 Å². The fourth-order valence-electron chi connectivity index (χ4n) is 2.82. The Bertz CT molecular complexity index is 757. The van der Waals surface area contributed by atoms with Gasteiger partial charge in [0.15, 0.2) is 0 Å². The molecule has 0 bridgehead atoms. The maximum Gasteiger partial charge on any atom is 0.433 e. The Morgan fingerprint density at radius 3 is 2.54 bits per heavy atom. The van der Waals surface area contributed by atoms with Crippen molar-refractivity contribution in [2.45, 2.75) is 25.6 Å². The van der Waals surface area contributed by atoms with E-state index in [9.17, 15) is 18.0 Å². The lowest BCUT2D eigenvalue weighted by atomic mass is 9.95. The van der Waals surface area contributed by atoms with Crippen LogP contribution in [0.4, 0.5) is 18.0 Å². The van der Waals surface area contributed by atoms with Crippen molar-refractivity contribution in [1.82, 2.24) is 9.88 Å². The predicted molar refractivity (Wildman–Crippen MR) is 80.6 cm³/mol. The van der Waals surface area contributed by atoms with Gasteiger partial charge in [0, 0.05) is 19.3 Å². The van der Waals surface area contributed by atoms with E-state index in [4.69, 9.17) is 5.11 Å². The molecule has 126 valence electrons. The van der Waals surface area contributed by atoms with Crippen LogP contribution in [-0.4, -0.2) is 27.6 Å². The Morgan fingerprint density at radius 2 is 1.92 bits per heavy atom. The zero-order valence-electron chi connectivity index (χ0n) is 12.7. The van der Waals surface area contributed by atoms with Gasteiger partial charge in [-0.3, -0.25) is 4.98 Å². The van der Waals surface area contributed by atoms with Gasteiger partial charge < -0.3 is 10.0 Å². The molecule has 3 rings (SSSR count). The summed E-state index contributed by atoms with van der Waals surface area (Å²) in [5, 5.41) is 9.09. The van der Waals surface area contributed by atoms with E-state index >= 15 is 0 Å². The van der Waals surface area contributed by atoms with Crippen molar-refractivity contribution in [3.8, 4) is 0 Å². The average molecular weight is 336 g/mol. The highest BCUT2D eigenvalue weighted by Crippen LogP contribution is 2.27. The molecule has 1 amide bonds. The second-order valence-electron chi connectivity index (χ2n) is 5.78. The topological polar surface area (TPSA) is 53.4 Å². The molecule has 4 nitrogen and oxygen atoms in total. The van der Waals surface area contributed by atoms with Gasteiger partial charge in [-0.15, -0.1) is 0 Å². The Hall–Kier alpha value is -2.57. The molecule has 0 saturated heterocycles. The molecule has 0 unspecified atom stereocenters. The molecule has 0 fully saturated rings. The van der Waals surface area contributed by atoms with Crippen LogP contribution in [0.5, 0.6) is 0 Å². The molecule has 1 aliphatic rings. The third kappa shape index (κ3) is 3.50. The summed E-state index contributed by atoms with van der Waals surface area (Å²) in [6.07, 6.45) is -3.04. The van der Waals surface area contributed by atoms with E-state index in [1.165, 1.54) is 17.2 Å². The number of nitrogens with zero attached hydrogens (tertiary/aromatic N) is 2. The lowest BCUT2D eigenvalue weighted by Crippen LogP contribution is -2.34. The van der Waals surface area contributed by atoms with E-state index < -0.39 is 18.0 Å². The van der Waals surface area contributed by atoms with Gasteiger partial charge in [0.05, 0.1) is 0 Å².